The minimum Gasteiger partial charge on any atom is -0.345 e. The predicted octanol–water partition coefficient (Wildman–Crippen LogP) is 1.26. The molecule has 1 fully saturated rings. The Morgan fingerprint density at radius 3 is 3.10 bits per heavy atom. The van der Waals surface area contributed by atoms with Crippen molar-refractivity contribution >= 4 is 6.41 Å². The van der Waals surface area contributed by atoms with Crippen LogP contribution in [0, 0.1) is 5.92 Å². The van der Waals surface area contributed by atoms with Gasteiger partial charge in [-0.1, -0.05) is 13.3 Å². The number of rotatable bonds is 2. The molecule has 0 N–H and O–H groups in total. The lowest BCUT2D eigenvalue weighted by Crippen LogP contribution is -2.33. The molecule has 1 aliphatic heterocycles. The molecule has 1 aliphatic rings. The Morgan fingerprint density at radius 1 is 1.70 bits per heavy atom. The maximum atomic E-state index is 10.3. The fourth-order valence-electron chi connectivity index (χ4n) is 1.53. The minimum atomic E-state index is 0.763. The number of likely N-dealkylation sites (tertiary alicyclic amines) is 1. The molecule has 0 aromatic rings. The van der Waals surface area contributed by atoms with E-state index >= 15 is 0 Å². The molecule has 2 nitrogen and oxygen atoms in total. The van der Waals surface area contributed by atoms with E-state index in [1.165, 1.54) is 19.3 Å². The zero-order valence-corrected chi connectivity index (χ0v) is 6.55. The van der Waals surface area contributed by atoms with Gasteiger partial charge < -0.3 is 4.90 Å². The Bertz CT molecular complexity index is 114. The van der Waals surface area contributed by atoms with Crippen molar-refractivity contribution in [2.75, 3.05) is 13.1 Å². The summed E-state index contributed by atoms with van der Waals surface area (Å²) in [6.45, 7) is 4.15. The smallest absolute Gasteiger partial charge is 0.209 e. The van der Waals surface area contributed by atoms with Crippen LogP contribution < -0.4 is 0 Å². The first-order valence-electron chi connectivity index (χ1n) is 4.06. The first kappa shape index (κ1) is 7.58. The summed E-state index contributed by atoms with van der Waals surface area (Å²) in [6.07, 6.45) is 4.68. The summed E-state index contributed by atoms with van der Waals surface area (Å²) < 4.78 is 0. The van der Waals surface area contributed by atoms with Crippen molar-refractivity contribution in [2.45, 2.75) is 26.2 Å². The normalized spacial score (nSPS) is 26.5. The highest BCUT2D eigenvalue weighted by Crippen LogP contribution is 2.17. The monoisotopic (exact) mass is 141 g/mol. The summed E-state index contributed by atoms with van der Waals surface area (Å²) in [5, 5.41) is 0. The van der Waals surface area contributed by atoms with Gasteiger partial charge in [-0.25, -0.2) is 0 Å². The van der Waals surface area contributed by atoms with Gasteiger partial charge in [-0.3, -0.25) is 4.79 Å². The molecule has 58 valence electrons. The molecule has 0 radical (unpaired) electrons. The van der Waals surface area contributed by atoms with Gasteiger partial charge in [0.15, 0.2) is 0 Å². The van der Waals surface area contributed by atoms with Crippen LogP contribution in [-0.4, -0.2) is 24.4 Å². The maximum Gasteiger partial charge on any atom is 0.209 e. The standard InChI is InChI=1S/C8H15NO/c1-2-8-4-3-5-9(6-8)7-10/h7-8H,2-6H2,1H3/t8-/m0/s1. The molecule has 1 amide bonds. The van der Waals surface area contributed by atoms with Crippen molar-refractivity contribution in [2.24, 2.45) is 5.92 Å². The molecule has 2 heteroatoms. The summed E-state index contributed by atoms with van der Waals surface area (Å²) in [4.78, 5) is 12.2. The third-order valence-electron chi connectivity index (χ3n) is 2.28. The van der Waals surface area contributed by atoms with Crippen LogP contribution in [-0.2, 0) is 4.79 Å². The van der Waals surface area contributed by atoms with Gasteiger partial charge in [0.1, 0.15) is 0 Å². The van der Waals surface area contributed by atoms with E-state index in [0.29, 0.717) is 0 Å². The average molecular weight is 141 g/mol. The zero-order valence-electron chi connectivity index (χ0n) is 6.55. The van der Waals surface area contributed by atoms with Gasteiger partial charge in [-0.05, 0) is 18.8 Å². The molecular weight excluding hydrogens is 126 g/mol. The highest BCUT2D eigenvalue weighted by Gasteiger charge is 2.15. The Labute approximate surface area is 62.2 Å². The SMILES string of the molecule is CC[C@H]1CCCN(C=O)C1. The number of amides is 1. The molecule has 0 aromatic carbocycles. The highest BCUT2D eigenvalue weighted by atomic mass is 16.1. The van der Waals surface area contributed by atoms with Crippen LogP contribution in [0.25, 0.3) is 0 Å². The fraction of sp³-hybridized carbons (Fsp3) is 0.875. The third kappa shape index (κ3) is 1.72. The summed E-state index contributed by atoms with van der Waals surface area (Å²) in [5.41, 5.74) is 0. The molecule has 1 atom stereocenters. The lowest BCUT2D eigenvalue weighted by molar-refractivity contribution is -0.119. The van der Waals surface area contributed by atoms with Crippen LogP contribution in [0.15, 0.2) is 0 Å². The largest absolute Gasteiger partial charge is 0.345 e. The molecule has 0 bridgehead atoms. The van der Waals surface area contributed by atoms with Crippen LogP contribution in [0.1, 0.15) is 26.2 Å². The number of nitrogens with zero attached hydrogens (tertiary/aromatic N) is 1. The summed E-state index contributed by atoms with van der Waals surface area (Å²) in [5.74, 6) is 0.763. The van der Waals surface area contributed by atoms with Gasteiger partial charge in [0, 0.05) is 13.1 Å². The van der Waals surface area contributed by atoms with E-state index in [9.17, 15) is 4.79 Å². The van der Waals surface area contributed by atoms with E-state index in [1.54, 1.807) is 0 Å². The minimum absolute atomic E-state index is 0.763. The molecule has 0 aliphatic carbocycles. The first-order valence-corrected chi connectivity index (χ1v) is 4.06. The summed E-state index contributed by atoms with van der Waals surface area (Å²) in [6, 6.07) is 0. The average Bonchev–Trinajstić information content (AvgIpc) is 2.05. The Morgan fingerprint density at radius 2 is 2.50 bits per heavy atom. The molecule has 0 aromatic heterocycles. The van der Waals surface area contributed by atoms with Crippen LogP contribution >= 0.6 is 0 Å². The van der Waals surface area contributed by atoms with Gasteiger partial charge >= 0.3 is 0 Å². The molecule has 1 heterocycles. The number of hydrogen-bond donors (Lipinski definition) is 0. The van der Waals surface area contributed by atoms with E-state index < -0.39 is 0 Å². The van der Waals surface area contributed by atoms with Crippen molar-refractivity contribution in [3.8, 4) is 0 Å². The van der Waals surface area contributed by atoms with Crippen LogP contribution in [0.5, 0.6) is 0 Å². The van der Waals surface area contributed by atoms with E-state index in [0.717, 1.165) is 25.4 Å². The second kappa shape index (κ2) is 3.59. The first-order chi connectivity index (χ1) is 4.86. The van der Waals surface area contributed by atoms with Crippen molar-refractivity contribution in [1.82, 2.24) is 4.90 Å². The lowest BCUT2D eigenvalue weighted by atomic mass is 9.96. The molecular formula is C8H15NO. The van der Waals surface area contributed by atoms with Gasteiger partial charge in [0.2, 0.25) is 6.41 Å². The number of hydrogen-bond acceptors (Lipinski definition) is 1. The summed E-state index contributed by atoms with van der Waals surface area (Å²) in [7, 11) is 0. The fourth-order valence-corrected chi connectivity index (χ4v) is 1.53. The van der Waals surface area contributed by atoms with Crippen LogP contribution in [0.2, 0.25) is 0 Å². The highest BCUT2D eigenvalue weighted by molar-refractivity contribution is 5.47. The number of piperidine rings is 1. The topological polar surface area (TPSA) is 20.3 Å². The van der Waals surface area contributed by atoms with E-state index in [-0.39, 0.29) is 0 Å². The van der Waals surface area contributed by atoms with E-state index in [2.05, 4.69) is 6.92 Å². The van der Waals surface area contributed by atoms with Crippen molar-refractivity contribution in [3.05, 3.63) is 0 Å². The van der Waals surface area contributed by atoms with Gasteiger partial charge in [0.25, 0.3) is 0 Å². The Balaban J connectivity index is 2.31. The molecule has 0 spiro atoms. The Hall–Kier alpha value is -0.530. The summed E-state index contributed by atoms with van der Waals surface area (Å²) >= 11 is 0. The maximum absolute atomic E-state index is 10.3. The molecule has 0 unspecified atom stereocenters. The van der Waals surface area contributed by atoms with Gasteiger partial charge in [-0.2, -0.15) is 0 Å². The van der Waals surface area contributed by atoms with Gasteiger partial charge in [-0.15, -0.1) is 0 Å². The lowest BCUT2D eigenvalue weighted by Gasteiger charge is -2.28. The van der Waals surface area contributed by atoms with E-state index in [1.807, 2.05) is 4.90 Å². The van der Waals surface area contributed by atoms with Crippen molar-refractivity contribution in [1.29, 1.82) is 0 Å². The second-order valence-electron chi connectivity index (χ2n) is 3.02. The van der Waals surface area contributed by atoms with Gasteiger partial charge in [0.05, 0.1) is 0 Å². The quantitative estimate of drug-likeness (QED) is 0.530. The number of carbonyl (C=O) groups is 1. The van der Waals surface area contributed by atoms with Crippen molar-refractivity contribution < 1.29 is 4.79 Å². The molecule has 1 saturated heterocycles. The molecule has 1 rings (SSSR count). The molecule has 10 heavy (non-hydrogen) atoms. The molecule has 0 saturated carbocycles. The van der Waals surface area contributed by atoms with Crippen LogP contribution in [0.4, 0.5) is 0 Å². The van der Waals surface area contributed by atoms with Crippen LogP contribution in [0.3, 0.4) is 0 Å². The third-order valence-corrected chi connectivity index (χ3v) is 2.28. The Kier molecular flexibility index (Phi) is 2.72. The van der Waals surface area contributed by atoms with E-state index in [4.69, 9.17) is 0 Å². The number of carbonyl (C=O) groups excluding carboxylic acids is 1. The zero-order chi connectivity index (χ0) is 7.40. The predicted molar refractivity (Wildman–Crippen MR) is 40.7 cm³/mol. The second-order valence-corrected chi connectivity index (χ2v) is 3.02. The van der Waals surface area contributed by atoms with Crippen molar-refractivity contribution in [3.63, 3.8) is 0 Å².